The Bertz CT molecular complexity index is 1780. The van der Waals surface area contributed by atoms with E-state index in [-0.39, 0.29) is 29.8 Å². The number of carbonyl (C=O) groups is 2. The van der Waals surface area contributed by atoms with E-state index in [1.807, 2.05) is 76.2 Å². The van der Waals surface area contributed by atoms with Gasteiger partial charge in [0.25, 0.3) is 10.0 Å². The van der Waals surface area contributed by atoms with Crippen molar-refractivity contribution in [1.82, 2.24) is 10.2 Å². The first-order valence-corrected chi connectivity index (χ1v) is 17.4. The third kappa shape index (κ3) is 9.14. The van der Waals surface area contributed by atoms with E-state index in [2.05, 4.69) is 5.32 Å². The third-order valence-corrected chi connectivity index (χ3v) is 10.3. The van der Waals surface area contributed by atoms with Gasteiger partial charge in [0.1, 0.15) is 18.3 Å². The van der Waals surface area contributed by atoms with Crippen molar-refractivity contribution in [3.05, 3.63) is 124 Å². The number of benzene rings is 4. The number of sulfonamides is 1. The van der Waals surface area contributed by atoms with Gasteiger partial charge < -0.3 is 15.0 Å². The summed E-state index contributed by atoms with van der Waals surface area (Å²) in [6, 6.07) is 26.8. The molecule has 0 radical (unpaired) electrons. The molecule has 2 amide bonds. The number of amides is 2. The first kappa shape index (κ1) is 35.5. The summed E-state index contributed by atoms with van der Waals surface area (Å²) in [6.07, 6.45) is 0.930. The van der Waals surface area contributed by atoms with Crippen molar-refractivity contribution in [1.29, 1.82) is 0 Å². The van der Waals surface area contributed by atoms with Gasteiger partial charge in [0.2, 0.25) is 11.8 Å². The lowest BCUT2D eigenvalue weighted by Crippen LogP contribution is -2.54. The van der Waals surface area contributed by atoms with Gasteiger partial charge >= 0.3 is 0 Å². The molecule has 4 aromatic carbocycles. The van der Waals surface area contributed by atoms with Gasteiger partial charge in [0.05, 0.1) is 17.7 Å². The quantitative estimate of drug-likeness (QED) is 0.160. The van der Waals surface area contributed by atoms with Crippen LogP contribution in [0.15, 0.2) is 102 Å². The maximum absolute atomic E-state index is 14.6. The molecule has 4 aromatic rings. The number of halogens is 1. The molecular weight excluding hydrogens is 634 g/mol. The van der Waals surface area contributed by atoms with Crippen LogP contribution in [0.25, 0.3) is 0 Å². The molecule has 2 atom stereocenters. The Kier molecular flexibility index (Phi) is 12.1. The van der Waals surface area contributed by atoms with Crippen molar-refractivity contribution in [2.75, 3.05) is 18.0 Å². The predicted molar refractivity (Wildman–Crippen MR) is 187 cm³/mol. The fraction of sp³-hybridized carbons (Fsp3) is 0.297. The second-order valence-corrected chi connectivity index (χ2v) is 13.9. The highest BCUT2D eigenvalue weighted by Gasteiger charge is 2.35. The number of ether oxygens (including phenoxy) is 1. The van der Waals surface area contributed by atoms with Crippen LogP contribution < -0.4 is 14.4 Å². The van der Waals surface area contributed by atoms with Crippen LogP contribution in [0.1, 0.15) is 42.5 Å². The maximum atomic E-state index is 14.6. The predicted octanol–water partition coefficient (Wildman–Crippen LogP) is 6.72. The van der Waals surface area contributed by atoms with Gasteiger partial charge in [-0.15, -0.1) is 0 Å². The number of aryl methyl sites for hydroxylation is 2. The number of anilines is 1. The lowest BCUT2D eigenvalue weighted by Gasteiger charge is -2.34. The molecule has 0 saturated carbocycles. The van der Waals surface area contributed by atoms with Crippen molar-refractivity contribution in [3.8, 4) is 5.75 Å². The lowest BCUT2D eigenvalue weighted by atomic mass is 10.0. The number of hydrogen-bond donors (Lipinski definition) is 1. The zero-order valence-corrected chi connectivity index (χ0v) is 29.0. The van der Waals surface area contributed by atoms with E-state index in [1.54, 1.807) is 31.4 Å². The molecule has 0 fully saturated rings. The monoisotopic (exact) mass is 675 g/mol. The summed E-state index contributed by atoms with van der Waals surface area (Å²) in [7, 11) is -2.68. The second-order valence-electron chi connectivity index (χ2n) is 11.6. The minimum absolute atomic E-state index is 0.0115. The molecule has 10 heteroatoms. The zero-order chi connectivity index (χ0) is 34.1. The molecule has 0 aromatic heterocycles. The van der Waals surface area contributed by atoms with Crippen molar-refractivity contribution in [2.45, 2.75) is 64.1 Å². The molecule has 0 saturated heterocycles. The normalized spacial score (nSPS) is 12.6. The highest BCUT2D eigenvalue weighted by molar-refractivity contribution is 7.92. The molecule has 8 nitrogen and oxygen atoms in total. The number of carbonyl (C=O) groups excluding carboxylic acids is 2. The largest absolute Gasteiger partial charge is 0.497 e. The summed E-state index contributed by atoms with van der Waals surface area (Å²) in [5.41, 5.74) is 3.77. The minimum Gasteiger partial charge on any atom is -0.497 e. The average Bonchev–Trinajstić information content (AvgIpc) is 3.07. The summed E-state index contributed by atoms with van der Waals surface area (Å²) >= 11 is 6.08. The molecule has 0 unspecified atom stereocenters. The average molecular weight is 676 g/mol. The molecule has 248 valence electrons. The van der Waals surface area contributed by atoms with Crippen molar-refractivity contribution >= 4 is 39.1 Å². The number of methoxy groups -OCH3 is 1. The molecule has 0 aliphatic carbocycles. The van der Waals surface area contributed by atoms with Gasteiger partial charge in [-0.3, -0.25) is 13.9 Å². The number of nitrogens with zero attached hydrogens (tertiary/aromatic N) is 2. The van der Waals surface area contributed by atoms with Crippen molar-refractivity contribution < 1.29 is 22.7 Å². The number of rotatable bonds is 14. The summed E-state index contributed by atoms with van der Waals surface area (Å²) in [5.74, 6) is -0.262. The van der Waals surface area contributed by atoms with Crippen LogP contribution in [0.4, 0.5) is 5.69 Å². The summed E-state index contributed by atoms with van der Waals surface area (Å²) in [6.45, 7) is 7.20. The Balaban J connectivity index is 1.83. The molecule has 47 heavy (non-hydrogen) atoms. The van der Waals surface area contributed by atoms with E-state index < -0.39 is 28.5 Å². The van der Waals surface area contributed by atoms with Crippen LogP contribution in [-0.2, 0) is 32.6 Å². The van der Waals surface area contributed by atoms with Gasteiger partial charge in [-0.05, 0) is 98.0 Å². The highest BCUT2D eigenvalue weighted by atomic mass is 35.5. The fourth-order valence-corrected chi connectivity index (χ4v) is 6.64. The maximum Gasteiger partial charge on any atom is 0.264 e. The zero-order valence-electron chi connectivity index (χ0n) is 27.4. The summed E-state index contributed by atoms with van der Waals surface area (Å²) in [4.78, 5) is 30.1. The molecule has 4 rings (SSSR count). The first-order chi connectivity index (χ1) is 22.4. The van der Waals surface area contributed by atoms with Crippen molar-refractivity contribution in [2.24, 2.45) is 0 Å². The molecule has 0 bridgehead atoms. The van der Waals surface area contributed by atoms with E-state index in [0.717, 1.165) is 26.6 Å². The van der Waals surface area contributed by atoms with Crippen LogP contribution in [0.3, 0.4) is 0 Å². The van der Waals surface area contributed by atoms with E-state index in [4.69, 9.17) is 16.3 Å². The van der Waals surface area contributed by atoms with Crippen LogP contribution in [0, 0.1) is 13.8 Å². The van der Waals surface area contributed by atoms with Crippen LogP contribution >= 0.6 is 11.6 Å². The smallest absolute Gasteiger partial charge is 0.264 e. The van der Waals surface area contributed by atoms with Gasteiger partial charge in [-0.25, -0.2) is 8.42 Å². The lowest BCUT2D eigenvalue weighted by molar-refractivity contribution is -0.140. The van der Waals surface area contributed by atoms with E-state index in [0.29, 0.717) is 22.9 Å². The summed E-state index contributed by atoms with van der Waals surface area (Å²) in [5, 5.41) is 3.44. The van der Waals surface area contributed by atoms with Gasteiger partial charge in [0, 0.05) is 24.0 Å². The van der Waals surface area contributed by atoms with E-state index in [1.165, 1.54) is 29.2 Å². The molecule has 1 N–H and O–H groups in total. The van der Waals surface area contributed by atoms with Gasteiger partial charge in [-0.2, -0.15) is 0 Å². The molecule has 0 aliphatic heterocycles. The topological polar surface area (TPSA) is 96.0 Å². The standard InChI is InChI=1S/C37H42ClN3O5S/c1-6-28(4)39-37(43)35(23-29-11-8-7-9-12-29)40(24-30-13-10-14-33(22-30)46-5)36(42)25-41(32-18-15-26(2)27(3)21-32)47(44,45)34-19-16-31(38)17-20-34/h7-22,28,35H,6,23-25H2,1-5H3,(H,39,43)/t28-,35+/m0/s1. The molecule has 0 heterocycles. The molecule has 0 spiro atoms. The molecule has 0 aliphatic rings. The Morgan fingerprint density at radius 1 is 0.872 bits per heavy atom. The van der Waals surface area contributed by atoms with Gasteiger partial charge in [-0.1, -0.05) is 67.1 Å². The summed E-state index contributed by atoms with van der Waals surface area (Å²) < 4.78 is 35.0. The Hall–Kier alpha value is -4.34. The highest BCUT2D eigenvalue weighted by Crippen LogP contribution is 2.28. The Morgan fingerprint density at radius 3 is 2.19 bits per heavy atom. The van der Waals surface area contributed by atoms with Gasteiger partial charge in [0.15, 0.2) is 0 Å². The number of hydrogen-bond acceptors (Lipinski definition) is 5. The Labute approximate surface area is 283 Å². The van der Waals surface area contributed by atoms with E-state index >= 15 is 0 Å². The Morgan fingerprint density at radius 2 is 1.55 bits per heavy atom. The fourth-order valence-electron chi connectivity index (χ4n) is 5.11. The van der Waals surface area contributed by atoms with Crippen LogP contribution in [0.2, 0.25) is 5.02 Å². The number of nitrogens with one attached hydrogen (secondary N) is 1. The SMILES string of the molecule is CC[C@H](C)NC(=O)[C@@H](Cc1ccccc1)N(Cc1cccc(OC)c1)C(=O)CN(c1ccc(C)c(C)c1)S(=O)(=O)c1ccc(Cl)cc1. The minimum atomic E-state index is -4.23. The van der Waals surface area contributed by atoms with Crippen LogP contribution in [-0.4, -0.2) is 50.9 Å². The van der Waals surface area contributed by atoms with Crippen molar-refractivity contribution in [3.63, 3.8) is 0 Å². The van der Waals surface area contributed by atoms with Crippen LogP contribution in [0.5, 0.6) is 5.75 Å². The second kappa shape index (κ2) is 16.0. The third-order valence-electron chi connectivity index (χ3n) is 8.22. The molecular formula is C37H42ClN3O5S. The van der Waals surface area contributed by atoms with E-state index in [9.17, 15) is 18.0 Å². The first-order valence-electron chi connectivity index (χ1n) is 15.5.